The van der Waals surface area contributed by atoms with E-state index in [1.165, 1.54) is 16.9 Å². The van der Waals surface area contributed by atoms with Crippen LogP contribution < -0.4 is 10.6 Å². The van der Waals surface area contributed by atoms with Gasteiger partial charge in [0.15, 0.2) is 5.11 Å². The number of anilines is 1. The molecule has 4 heteroatoms. The lowest BCUT2D eigenvalue weighted by Gasteiger charge is -2.11. The van der Waals surface area contributed by atoms with E-state index >= 15 is 0 Å². The number of rotatable bonds is 7. The highest BCUT2D eigenvalue weighted by molar-refractivity contribution is 7.99. The molecule has 0 radical (unpaired) electrons. The predicted molar refractivity (Wildman–Crippen MR) is 102 cm³/mol. The van der Waals surface area contributed by atoms with Gasteiger partial charge in [-0.05, 0) is 48.5 Å². The van der Waals surface area contributed by atoms with Crippen molar-refractivity contribution in [2.75, 3.05) is 17.6 Å². The van der Waals surface area contributed by atoms with E-state index in [9.17, 15) is 0 Å². The first-order valence-electron chi connectivity index (χ1n) is 7.59. The zero-order chi connectivity index (χ0) is 15.6. The van der Waals surface area contributed by atoms with Crippen LogP contribution in [0.5, 0.6) is 0 Å². The van der Waals surface area contributed by atoms with Crippen LogP contribution in [-0.2, 0) is 6.42 Å². The van der Waals surface area contributed by atoms with Gasteiger partial charge < -0.3 is 10.6 Å². The Morgan fingerprint density at radius 3 is 2.45 bits per heavy atom. The minimum atomic E-state index is 0.678. The Labute approximate surface area is 142 Å². The van der Waals surface area contributed by atoms with Crippen molar-refractivity contribution >= 4 is 34.8 Å². The van der Waals surface area contributed by atoms with Crippen molar-refractivity contribution < 1.29 is 0 Å². The largest absolute Gasteiger partial charge is 0.362 e. The molecule has 0 saturated carbocycles. The maximum Gasteiger partial charge on any atom is 0.170 e. The van der Waals surface area contributed by atoms with Gasteiger partial charge in [-0.2, -0.15) is 0 Å². The summed E-state index contributed by atoms with van der Waals surface area (Å²) < 4.78 is 0. The van der Waals surface area contributed by atoms with E-state index < -0.39 is 0 Å². The SMILES string of the molecule is CCCc1ccc(NC(=S)NCCSc2ccccc2)cc1. The zero-order valence-corrected chi connectivity index (χ0v) is 14.5. The number of benzene rings is 2. The number of nitrogens with one attached hydrogen (secondary N) is 2. The third-order valence-corrected chi connectivity index (χ3v) is 4.41. The van der Waals surface area contributed by atoms with E-state index in [0.29, 0.717) is 5.11 Å². The highest BCUT2D eigenvalue weighted by Gasteiger charge is 1.98. The van der Waals surface area contributed by atoms with Crippen molar-refractivity contribution in [2.45, 2.75) is 24.7 Å². The topological polar surface area (TPSA) is 24.1 Å². The number of aryl methyl sites for hydroxylation is 1. The van der Waals surface area contributed by atoms with Crippen LogP contribution in [-0.4, -0.2) is 17.4 Å². The Morgan fingerprint density at radius 2 is 1.77 bits per heavy atom. The summed E-state index contributed by atoms with van der Waals surface area (Å²) in [4.78, 5) is 1.29. The van der Waals surface area contributed by atoms with Crippen molar-refractivity contribution in [3.05, 3.63) is 60.2 Å². The molecule has 0 heterocycles. The number of hydrogen-bond donors (Lipinski definition) is 2. The Hall–Kier alpha value is -1.52. The highest BCUT2D eigenvalue weighted by atomic mass is 32.2. The van der Waals surface area contributed by atoms with Crippen LogP contribution >= 0.6 is 24.0 Å². The number of thiocarbonyl (C=S) groups is 1. The van der Waals surface area contributed by atoms with Gasteiger partial charge in [-0.3, -0.25) is 0 Å². The summed E-state index contributed by atoms with van der Waals surface area (Å²) in [6.07, 6.45) is 2.30. The normalized spacial score (nSPS) is 10.2. The fourth-order valence-corrected chi connectivity index (χ4v) is 3.08. The first-order chi connectivity index (χ1) is 10.8. The quantitative estimate of drug-likeness (QED) is 0.436. The van der Waals surface area contributed by atoms with Gasteiger partial charge in [-0.1, -0.05) is 43.7 Å². The molecule has 0 aromatic heterocycles. The van der Waals surface area contributed by atoms with Gasteiger partial charge in [0.05, 0.1) is 0 Å². The number of thioether (sulfide) groups is 1. The molecule has 0 atom stereocenters. The van der Waals surface area contributed by atoms with Gasteiger partial charge in [0.1, 0.15) is 0 Å². The van der Waals surface area contributed by atoms with E-state index in [1.54, 1.807) is 0 Å². The lowest BCUT2D eigenvalue weighted by molar-refractivity contribution is 0.922. The van der Waals surface area contributed by atoms with Gasteiger partial charge in [0.2, 0.25) is 0 Å². The van der Waals surface area contributed by atoms with Gasteiger partial charge in [0.25, 0.3) is 0 Å². The number of hydrogen-bond acceptors (Lipinski definition) is 2. The van der Waals surface area contributed by atoms with Gasteiger partial charge >= 0.3 is 0 Å². The second kappa shape index (κ2) is 9.49. The summed E-state index contributed by atoms with van der Waals surface area (Å²) in [6.45, 7) is 3.04. The third kappa shape index (κ3) is 6.08. The van der Waals surface area contributed by atoms with E-state index in [4.69, 9.17) is 12.2 Å². The van der Waals surface area contributed by atoms with Crippen LogP contribution in [0.25, 0.3) is 0 Å². The summed E-state index contributed by atoms with van der Waals surface area (Å²) in [5.74, 6) is 0.987. The van der Waals surface area contributed by atoms with Crippen LogP contribution in [0.3, 0.4) is 0 Å². The van der Waals surface area contributed by atoms with Crippen LogP contribution in [0.15, 0.2) is 59.5 Å². The molecule has 0 aliphatic carbocycles. The fourth-order valence-electron chi connectivity index (χ4n) is 2.07. The average molecular weight is 331 g/mol. The van der Waals surface area contributed by atoms with Gasteiger partial charge in [0, 0.05) is 22.9 Å². The molecular formula is C18H22N2S2. The standard InChI is InChI=1S/C18H22N2S2/c1-2-6-15-9-11-16(12-10-15)20-18(21)19-13-14-22-17-7-4-3-5-8-17/h3-5,7-12H,2,6,13-14H2,1H3,(H2,19,20,21). The molecule has 0 fully saturated rings. The van der Waals surface area contributed by atoms with Crippen molar-refractivity contribution in [1.82, 2.24) is 5.32 Å². The Balaban J connectivity index is 1.67. The maximum absolute atomic E-state index is 5.32. The minimum absolute atomic E-state index is 0.678. The van der Waals surface area contributed by atoms with E-state index in [1.807, 2.05) is 17.8 Å². The van der Waals surface area contributed by atoms with Gasteiger partial charge in [-0.25, -0.2) is 0 Å². The molecule has 2 aromatic rings. The first-order valence-corrected chi connectivity index (χ1v) is 8.99. The van der Waals surface area contributed by atoms with Crippen LogP contribution in [0.1, 0.15) is 18.9 Å². The van der Waals surface area contributed by atoms with E-state index in [2.05, 4.69) is 66.1 Å². The molecule has 0 bridgehead atoms. The molecule has 0 unspecified atom stereocenters. The van der Waals surface area contributed by atoms with Crippen molar-refractivity contribution in [3.8, 4) is 0 Å². The summed E-state index contributed by atoms with van der Waals surface area (Å²) >= 11 is 7.14. The van der Waals surface area contributed by atoms with Crippen molar-refractivity contribution in [2.24, 2.45) is 0 Å². The highest BCUT2D eigenvalue weighted by Crippen LogP contribution is 2.15. The Morgan fingerprint density at radius 1 is 1.05 bits per heavy atom. The maximum atomic E-state index is 5.32. The lowest BCUT2D eigenvalue weighted by Crippen LogP contribution is -2.30. The molecule has 0 amide bonds. The van der Waals surface area contributed by atoms with Crippen molar-refractivity contribution in [1.29, 1.82) is 0 Å². The molecule has 2 N–H and O–H groups in total. The zero-order valence-electron chi connectivity index (χ0n) is 12.8. The lowest BCUT2D eigenvalue weighted by atomic mass is 10.1. The summed E-state index contributed by atoms with van der Waals surface area (Å²) in [6, 6.07) is 18.9. The summed E-state index contributed by atoms with van der Waals surface area (Å²) in [5.41, 5.74) is 2.40. The smallest absolute Gasteiger partial charge is 0.170 e. The molecule has 0 saturated heterocycles. The average Bonchev–Trinajstić information content (AvgIpc) is 2.55. The Bertz CT molecular complexity index is 567. The molecule has 2 nitrogen and oxygen atoms in total. The molecule has 22 heavy (non-hydrogen) atoms. The minimum Gasteiger partial charge on any atom is -0.362 e. The molecular weight excluding hydrogens is 308 g/mol. The van der Waals surface area contributed by atoms with E-state index in [0.717, 1.165) is 24.4 Å². The molecule has 2 aromatic carbocycles. The van der Waals surface area contributed by atoms with Gasteiger partial charge in [-0.15, -0.1) is 11.8 Å². The second-order valence-electron chi connectivity index (χ2n) is 4.99. The molecule has 116 valence electrons. The van der Waals surface area contributed by atoms with Crippen molar-refractivity contribution in [3.63, 3.8) is 0 Å². The molecule has 2 rings (SSSR count). The van der Waals surface area contributed by atoms with Crippen LogP contribution in [0.2, 0.25) is 0 Å². The molecule has 0 aliphatic heterocycles. The summed E-state index contributed by atoms with van der Waals surface area (Å²) in [5, 5.41) is 7.14. The first kappa shape index (κ1) is 16.8. The van der Waals surface area contributed by atoms with E-state index in [-0.39, 0.29) is 0 Å². The fraction of sp³-hybridized carbons (Fsp3) is 0.278. The third-order valence-electron chi connectivity index (χ3n) is 3.15. The predicted octanol–water partition coefficient (Wildman–Crippen LogP) is 4.72. The summed E-state index contributed by atoms with van der Waals surface area (Å²) in [7, 11) is 0. The molecule has 0 aliphatic rings. The van der Waals surface area contributed by atoms with Crippen LogP contribution in [0.4, 0.5) is 5.69 Å². The monoisotopic (exact) mass is 330 g/mol. The molecule has 0 spiro atoms. The Kier molecular flexibility index (Phi) is 7.26. The second-order valence-corrected chi connectivity index (χ2v) is 6.57. The van der Waals surface area contributed by atoms with Crippen LogP contribution in [0, 0.1) is 0 Å².